The van der Waals surface area contributed by atoms with Crippen molar-refractivity contribution in [3.63, 3.8) is 0 Å². The number of nitrogens with one attached hydrogen (secondary N) is 2. The van der Waals surface area contributed by atoms with Gasteiger partial charge in [0.25, 0.3) is 0 Å². The number of ether oxygens (including phenoxy) is 1. The molecule has 0 fully saturated rings. The van der Waals surface area contributed by atoms with Crippen molar-refractivity contribution in [2.45, 2.75) is 5.75 Å². The molecule has 1 aromatic carbocycles. The molecule has 0 radical (unpaired) electrons. The van der Waals surface area contributed by atoms with Crippen molar-refractivity contribution in [1.82, 2.24) is 10.3 Å². The third-order valence-electron chi connectivity index (χ3n) is 2.85. The van der Waals surface area contributed by atoms with Gasteiger partial charge in [-0.25, -0.2) is 4.98 Å². The Hall–Kier alpha value is -1.79. The van der Waals surface area contributed by atoms with E-state index in [9.17, 15) is 0 Å². The predicted molar refractivity (Wildman–Crippen MR) is 97.6 cm³/mol. The van der Waals surface area contributed by atoms with Crippen LogP contribution in [0, 0.1) is 0 Å². The van der Waals surface area contributed by atoms with Gasteiger partial charge in [-0.3, -0.25) is 0 Å². The Bertz CT molecular complexity index is 576. The molecule has 2 aromatic rings. The second-order valence-corrected chi connectivity index (χ2v) is 6.02. The van der Waals surface area contributed by atoms with Crippen molar-refractivity contribution in [3.05, 3.63) is 54.2 Å². The molecule has 116 valence electrons. The lowest BCUT2D eigenvalue weighted by atomic mass is 10.2. The Morgan fingerprint density at radius 2 is 2.05 bits per heavy atom. The molecule has 0 unspecified atom stereocenters. The van der Waals surface area contributed by atoms with Crippen molar-refractivity contribution < 1.29 is 4.74 Å². The van der Waals surface area contributed by atoms with E-state index in [0.717, 1.165) is 23.7 Å². The van der Waals surface area contributed by atoms with Gasteiger partial charge in [0.2, 0.25) is 5.88 Å². The number of thioether (sulfide) groups is 1. The van der Waals surface area contributed by atoms with Crippen LogP contribution in [0.15, 0.2) is 48.7 Å². The van der Waals surface area contributed by atoms with Crippen LogP contribution in [0.5, 0.6) is 5.88 Å². The van der Waals surface area contributed by atoms with Crippen LogP contribution in [-0.2, 0) is 5.75 Å². The maximum absolute atomic E-state index is 5.25. The molecule has 0 aliphatic carbocycles. The van der Waals surface area contributed by atoms with E-state index in [-0.39, 0.29) is 0 Å². The lowest BCUT2D eigenvalue weighted by molar-refractivity contribution is 0.398. The first kappa shape index (κ1) is 16.6. The molecule has 0 atom stereocenters. The maximum atomic E-state index is 5.25. The molecule has 22 heavy (non-hydrogen) atoms. The Morgan fingerprint density at radius 1 is 1.23 bits per heavy atom. The summed E-state index contributed by atoms with van der Waals surface area (Å²) in [5, 5.41) is 6.89. The summed E-state index contributed by atoms with van der Waals surface area (Å²) in [6.07, 6.45) is 1.69. The van der Waals surface area contributed by atoms with Crippen LogP contribution in [-0.4, -0.2) is 29.5 Å². The average Bonchev–Trinajstić information content (AvgIpc) is 2.56. The van der Waals surface area contributed by atoms with Crippen molar-refractivity contribution >= 4 is 34.8 Å². The molecule has 1 heterocycles. The third kappa shape index (κ3) is 5.91. The van der Waals surface area contributed by atoms with Crippen LogP contribution in [0.3, 0.4) is 0 Å². The van der Waals surface area contributed by atoms with Crippen LogP contribution in [0.4, 0.5) is 5.69 Å². The van der Waals surface area contributed by atoms with E-state index in [1.54, 1.807) is 19.4 Å². The van der Waals surface area contributed by atoms with E-state index in [1.807, 2.05) is 23.9 Å². The molecular formula is C16H19N3OS2. The molecule has 0 amide bonds. The lowest BCUT2D eigenvalue weighted by Gasteiger charge is -2.10. The molecule has 0 aliphatic rings. The summed E-state index contributed by atoms with van der Waals surface area (Å²) in [5.74, 6) is 2.60. The summed E-state index contributed by atoms with van der Waals surface area (Å²) >= 11 is 7.13. The van der Waals surface area contributed by atoms with E-state index in [1.165, 1.54) is 5.56 Å². The highest BCUT2D eigenvalue weighted by atomic mass is 32.2. The molecular weight excluding hydrogens is 314 g/mol. The van der Waals surface area contributed by atoms with E-state index in [2.05, 4.69) is 39.9 Å². The van der Waals surface area contributed by atoms with Crippen molar-refractivity contribution in [1.29, 1.82) is 0 Å². The largest absolute Gasteiger partial charge is 0.481 e. The number of methoxy groups -OCH3 is 1. The highest BCUT2D eigenvalue weighted by Gasteiger charge is 1.99. The molecule has 4 nitrogen and oxygen atoms in total. The van der Waals surface area contributed by atoms with Crippen LogP contribution >= 0.6 is 24.0 Å². The standard InChI is InChI=1S/C16H19N3OS2/c1-20-15-8-7-14(11-18-15)19-16(21)17-9-10-22-12-13-5-3-2-4-6-13/h2-8,11H,9-10,12H2,1H3,(H2,17,19,21). The normalized spacial score (nSPS) is 10.0. The summed E-state index contributed by atoms with van der Waals surface area (Å²) in [7, 11) is 1.59. The van der Waals surface area contributed by atoms with Gasteiger partial charge in [-0.2, -0.15) is 11.8 Å². The Balaban J connectivity index is 1.61. The molecule has 2 N–H and O–H groups in total. The van der Waals surface area contributed by atoms with Gasteiger partial charge in [-0.15, -0.1) is 0 Å². The Kier molecular flexibility index (Phi) is 6.99. The monoisotopic (exact) mass is 333 g/mol. The van der Waals surface area contributed by atoms with Gasteiger partial charge in [0, 0.05) is 24.1 Å². The number of hydrogen-bond acceptors (Lipinski definition) is 4. The molecule has 0 saturated carbocycles. The number of hydrogen-bond donors (Lipinski definition) is 2. The van der Waals surface area contributed by atoms with Crippen molar-refractivity contribution in [2.75, 3.05) is 24.7 Å². The number of aromatic nitrogens is 1. The number of nitrogens with zero attached hydrogens (tertiary/aromatic N) is 1. The summed E-state index contributed by atoms with van der Waals surface area (Å²) in [6.45, 7) is 0.826. The molecule has 0 bridgehead atoms. The van der Waals surface area contributed by atoms with Crippen LogP contribution in [0.1, 0.15) is 5.56 Å². The third-order valence-corrected chi connectivity index (χ3v) is 4.12. The van der Waals surface area contributed by atoms with Gasteiger partial charge < -0.3 is 15.4 Å². The molecule has 6 heteroatoms. The quantitative estimate of drug-likeness (QED) is 0.599. The minimum absolute atomic E-state index is 0.585. The summed E-state index contributed by atoms with van der Waals surface area (Å²) in [6, 6.07) is 14.1. The Morgan fingerprint density at radius 3 is 2.73 bits per heavy atom. The first-order valence-corrected chi connectivity index (χ1v) is 8.51. The van der Waals surface area contributed by atoms with Gasteiger partial charge >= 0.3 is 0 Å². The van der Waals surface area contributed by atoms with E-state index >= 15 is 0 Å². The SMILES string of the molecule is COc1ccc(NC(=S)NCCSCc2ccccc2)cn1. The first-order chi connectivity index (χ1) is 10.8. The first-order valence-electron chi connectivity index (χ1n) is 6.94. The fourth-order valence-electron chi connectivity index (χ4n) is 1.75. The second kappa shape index (κ2) is 9.27. The number of pyridine rings is 1. The second-order valence-electron chi connectivity index (χ2n) is 4.51. The van der Waals surface area contributed by atoms with Gasteiger partial charge in [0.1, 0.15) is 0 Å². The van der Waals surface area contributed by atoms with E-state index in [4.69, 9.17) is 17.0 Å². The number of benzene rings is 1. The average molecular weight is 333 g/mol. The highest BCUT2D eigenvalue weighted by Crippen LogP contribution is 2.12. The fraction of sp³-hybridized carbons (Fsp3) is 0.250. The minimum Gasteiger partial charge on any atom is -0.481 e. The van der Waals surface area contributed by atoms with E-state index in [0.29, 0.717) is 11.0 Å². The molecule has 0 saturated heterocycles. The number of thiocarbonyl (C=S) groups is 1. The number of anilines is 1. The van der Waals surface area contributed by atoms with Crippen LogP contribution < -0.4 is 15.4 Å². The zero-order valence-corrected chi connectivity index (χ0v) is 14.0. The number of rotatable bonds is 7. The van der Waals surface area contributed by atoms with Gasteiger partial charge in [0.15, 0.2) is 5.11 Å². The van der Waals surface area contributed by atoms with Gasteiger partial charge in [0.05, 0.1) is 19.0 Å². The smallest absolute Gasteiger partial charge is 0.213 e. The fourth-order valence-corrected chi connectivity index (χ4v) is 2.79. The van der Waals surface area contributed by atoms with Crippen molar-refractivity contribution in [3.8, 4) is 5.88 Å². The highest BCUT2D eigenvalue weighted by molar-refractivity contribution is 7.98. The Labute approximate surface area is 140 Å². The molecule has 0 aliphatic heterocycles. The van der Waals surface area contributed by atoms with Crippen LogP contribution in [0.2, 0.25) is 0 Å². The zero-order chi connectivity index (χ0) is 15.6. The topological polar surface area (TPSA) is 46.2 Å². The summed E-state index contributed by atoms with van der Waals surface area (Å²) < 4.78 is 5.01. The van der Waals surface area contributed by atoms with Gasteiger partial charge in [-0.05, 0) is 23.8 Å². The van der Waals surface area contributed by atoms with E-state index < -0.39 is 0 Å². The minimum atomic E-state index is 0.585. The molecule has 0 spiro atoms. The van der Waals surface area contributed by atoms with Crippen molar-refractivity contribution in [2.24, 2.45) is 0 Å². The molecule has 1 aromatic heterocycles. The zero-order valence-electron chi connectivity index (χ0n) is 12.4. The maximum Gasteiger partial charge on any atom is 0.213 e. The van der Waals surface area contributed by atoms with Crippen LogP contribution in [0.25, 0.3) is 0 Å². The summed E-state index contributed by atoms with van der Waals surface area (Å²) in [4.78, 5) is 4.12. The van der Waals surface area contributed by atoms with Gasteiger partial charge in [-0.1, -0.05) is 30.3 Å². The predicted octanol–water partition coefficient (Wildman–Crippen LogP) is 3.31. The lowest BCUT2D eigenvalue weighted by Crippen LogP contribution is -2.30. The molecule has 2 rings (SSSR count). The summed E-state index contributed by atoms with van der Waals surface area (Å²) in [5.41, 5.74) is 2.19.